The Hall–Kier alpha value is -2.63. The quantitative estimate of drug-likeness (QED) is 0.640. The summed E-state index contributed by atoms with van der Waals surface area (Å²) in [6, 6.07) is 15.9. The molecule has 0 radical (unpaired) electrons. The second kappa shape index (κ2) is 7.65. The fourth-order valence-electron chi connectivity index (χ4n) is 4.05. The fraction of sp³-hybridized carbons (Fsp3) is 0.304. The maximum Gasteiger partial charge on any atom is 0.226 e. The van der Waals surface area contributed by atoms with Gasteiger partial charge in [-0.05, 0) is 30.8 Å². The van der Waals surface area contributed by atoms with Gasteiger partial charge < -0.3 is 14.5 Å². The number of para-hydroxylation sites is 1. The van der Waals surface area contributed by atoms with E-state index in [1.165, 1.54) is 0 Å². The molecule has 0 N–H and O–H groups in total. The van der Waals surface area contributed by atoms with Crippen molar-refractivity contribution in [2.75, 3.05) is 37.6 Å². The standard InChI is InChI=1S/C23H23ClN4O/c1-2-27-10-12-28(13-11-27)23-25-21(16-6-5-7-17(24)14-16)19-15-29-20-9-4-3-8-18(20)22(19)26-23/h3-9,14H,2,10-13,15H2,1H3. The molecule has 0 aliphatic carbocycles. The van der Waals surface area contributed by atoms with Crippen molar-refractivity contribution in [3.63, 3.8) is 0 Å². The Balaban J connectivity index is 1.65. The highest BCUT2D eigenvalue weighted by Gasteiger charge is 2.27. The Kier molecular flexibility index (Phi) is 4.86. The molecule has 2 aromatic carbocycles. The molecule has 148 valence electrons. The molecule has 29 heavy (non-hydrogen) atoms. The zero-order valence-electron chi connectivity index (χ0n) is 16.4. The summed E-state index contributed by atoms with van der Waals surface area (Å²) in [5.74, 6) is 1.66. The molecule has 0 saturated carbocycles. The lowest BCUT2D eigenvalue weighted by Crippen LogP contribution is -2.46. The van der Waals surface area contributed by atoms with Gasteiger partial charge in [0.15, 0.2) is 0 Å². The van der Waals surface area contributed by atoms with E-state index in [1.807, 2.05) is 42.5 Å². The maximum atomic E-state index is 6.29. The Labute approximate surface area is 175 Å². The number of aromatic nitrogens is 2. The van der Waals surface area contributed by atoms with Gasteiger partial charge in [-0.15, -0.1) is 0 Å². The highest BCUT2D eigenvalue weighted by atomic mass is 35.5. The van der Waals surface area contributed by atoms with Crippen molar-refractivity contribution < 1.29 is 4.74 Å². The lowest BCUT2D eigenvalue weighted by atomic mass is 9.98. The first-order valence-electron chi connectivity index (χ1n) is 10.1. The van der Waals surface area contributed by atoms with E-state index < -0.39 is 0 Å². The van der Waals surface area contributed by atoms with Crippen molar-refractivity contribution in [1.29, 1.82) is 0 Å². The SMILES string of the molecule is CCN1CCN(c2nc(-c3cccc(Cl)c3)c3c(n2)-c2ccccc2OC3)CC1. The van der Waals surface area contributed by atoms with Crippen molar-refractivity contribution in [3.8, 4) is 28.3 Å². The van der Waals surface area contributed by atoms with E-state index in [0.29, 0.717) is 11.6 Å². The summed E-state index contributed by atoms with van der Waals surface area (Å²) in [4.78, 5) is 14.8. The molecule has 3 heterocycles. The van der Waals surface area contributed by atoms with Crippen LogP contribution in [0.5, 0.6) is 5.75 Å². The van der Waals surface area contributed by atoms with Crippen LogP contribution < -0.4 is 9.64 Å². The van der Waals surface area contributed by atoms with Crippen molar-refractivity contribution in [1.82, 2.24) is 14.9 Å². The number of hydrogen-bond acceptors (Lipinski definition) is 5. The summed E-state index contributed by atoms with van der Waals surface area (Å²) in [6.07, 6.45) is 0. The van der Waals surface area contributed by atoms with Crippen LogP contribution in [0.1, 0.15) is 12.5 Å². The number of rotatable bonds is 3. The van der Waals surface area contributed by atoms with Crippen LogP contribution in [0.25, 0.3) is 22.5 Å². The Morgan fingerprint density at radius 2 is 1.76 bits per heavy atom. The molecule has 1 aromatic heterocycles. The van der Waals surface area contributed by atoms with E-state index in [-0.39, 0.29) is 0 Å². The van der Waals surface area contributed by atoms with Crippen molar-refractivity contribution in [3.05, 3.63) is 59.1 Å². The van der Waals surface area contributed by atoms with Gasteiger partial charge in [0.05, 0.1) is 11.4 Å². The predicted octanol–water partition coefficient (Wildman–Crippen LogP) is 4.50. The minimum Gasteiger partial charge on any atom is -0.488 e. The maximum absolute atomic E-state index is 6.29. The number of likely N-dealkylation sites (N-methyl/N-ethyl adjacent to an activating group) is 1. The Bertz CT molecular complexity index is 1050. The average molecular weight is 407 g/mol. The highest BCUT2D eigenvalue weighted by molar-refractivity contribution is 6.30. The summed E-state index contributed by atoms with van der Waals surface area (Å²) < 4.78 is 6.02. The topological polar surface area (TPSA) is 41.5 Å². The second-order valence-corrected chi connectivity index (χ2v) is 7.85. The molecule has 6 heteroatoms. The number of ether oxygens (including phenoxy) is 1. The monoisotopic (exact) mass is 406 g/mol. The van der Waals surface area contributed by atoms with Gasteiger partial charge in [-0.2, -0.15) is 0 Å². The third kappa shape index (κ3) is 3.45. The summed E-state index contributed by atoms with van der Waals surface area (Å²) in [6.45, 7) is 7.67. The normalized spacial score (nSPS) is 16.1. The van der Waals surface area contributed by atoms with Crippen LogP contribution in [0.2, 0.25) is 5.02 Å². The molecule has 0 amide bonds. The van der Waals surface area contributed by atoms with Gasteiger partial charge in [0, 0.05) is 47.9 Å². The van der Waals surface area contributed by atoms with Gasteiger partial charge in [-0.3, -0.25) is 0 Å². The molecule has 2 aliphatic heterocycles. The molecule has 2 aliphatic rings. The molecular weight excluding hydrogens is 384 g/mol. The van der Waals surface area contributed by atoms with Gasteiger partial charge in [0.2, 0.25) is 5.95 Å². The number of piperazine rings is 1. The average Bonchev–Trinajstić information content (AvgIpc) is 2.78. The molecule has 0 bridgehead atoms. The molecule has 5 rings (SSSR count). The minimum atomic E-state index is 0.456. The summed E-state index contributed by atoms with van der Waals surface area (Å²) >= 11 is 6.29. The Morgan fingerprint density at radius 1 is 0.966 bits per heavy atom. The van der Waals surface area contributed by atoms with Crippen LogP contribution in [0, 0.1) is 0 Å². The van der Waals surface area contributed by atoms with Crippen LogP contribution in [0.4, 0.5) is 5.95 Å². The smallest absolute Gasteiger partial charge is 0.226 e. The van der Waals surface area contributed by atoms with E-state index in [4.69, 9.17) is 26.3 Å². The zero-order chi connectivity index (χ0) is 19.8. The van der Waals surface area contributed by atoms with Crippen molar-refractivity contribution in [2.24, 2.45) is 0 Å². The number of hydrogen-bond donors (Lipinski definition) is 0. The van der Waals surface area contributed by atoms with Crippen LogP contribution in [0.3, 0.4) is 0 Å². The lowest BCUT2D eigenvalue weighted by molar-refractivity contribution is 0.269. The first-order valence-corrected chi connectivity index (χ1v) is 10.5. The van der Waals surface area contributed by atoms with E-state index in [0.717, 1.165) is 72.5 Å². The van der Waals surface area contributed by atoms with E-state index in [1.54, 1.807) is 0 Å². The molecule has 5 nitrogen and oxygen atoms in total. The van der Waals surface area contributed by atoms with Crippen LogP contribution in [-0.4, -0.2) is 47.6 Å². The van der Waals surface area contributed by atoms with Gasteiger partial charge in [0.1, 0.15) is 12.4 Å². The van der Waals surface area contributed by atoms with Crippen LogP contribution >= 0.6 is 11.6 Å². The third-order valence-corrected chi connectivity index (χ3v) is 5.94. The number of fused-ring (bicyclic) bond motifs is 3. The molecule has 0 spiro atoms. The lowest BCUT2D eigenvalue weighted by Gasteiger charge is -2.35. The number of benzene rings is 2. The fourth-order valence-corrected chi connectivity index (χ4v) is 4.24. The second-order valence-electron chi connectivity index (χ2n) is 7.42. The third-order valence-electron chi connectivity index (χ3n) is 5.71. The molecule has 3 aromatic rings. The van der Waals surface area contributed by atoms with Crippen LogP contribution in [0.15, 0.2) is 48.5 Å². The van der Waals surface area contributed by atoms with Crippen LogP contribution in [-0.2, 0) is 6.61 Å². The van der Waals surface area contributed by atoms with Gasteiger partial charge in [0.25, 0.3) is 0 Å². The number of nitrogens with zero attached hydrogens (tertiary/aromatic N) is 4. The van der Waals surface area contributed by atoms with Crippen molar-refractivity contribution in [2.45, 2.75) is 13.5 Å². The predicted molar refractivity (Wildman–Crippen MR) is 117 cm³/mol. The molecular formula is C23H23ClN4O. The van der Waals surface area contributed by atoms with Crippen molar-refractivity contribution >= 4 is 17.5 Å². The van der Waals surface area contributed by atoms with Gasteiger partial charge in [-0.25, -0.2) is 9.97 Å². The molecule has 0 unspecified atom stereocenters. The summed E-state index contributed by atoms with van der Waals surface area (Å²) in [7, 11) is 0. The van der Waals surface area contributed by atoms with E-state index in [9.17, 15) is 0 Å². The zero-order valence-corrected chi connectivity index (χ0v) is 17.2. The largest absolute Gasteiger partial charge is 0.488 e. The number of anilines is 1. The minimum absolute atomic E-state index is 0.456. The summed E-state index contributed by atoms with van der Waals surface area (Å²) in [5, 5.41) is 0.699. The van der Waals surface area contributed by atoms with E-state index in [2.05, 4.69) is 22.8 Å². The highest BCUT2D eigenvalue weighted by Crippen LogP contribution is 2.40. The van der Waals surface area contributed by atoms with Gasteiger partial charge in [-0.1, -0.05) is 42.8 Å². The number of halogens is 1. The van der Waals surface area contributed by atoms with Gasteiger partial charge >= 0.3 is 0 Å². The Morgan fingerprint density at radius 3 is 2.55 bits per heavy atom. The summed E-state index contributed by atoms with van der Waals surface area (Å²) in [5.41, 5.74) is 4.90. The first-order chi connectivity index (χ1) is 14.2. The molecule has 0 atom stereocenters. The van der Waals surface area contributed by atoms with E-state index >= 15 is 0 Å². The molecule has 1 fully saturated rings. The first kappa shape index (κ1) is 18.4. The molecule has 1 saturated heterocycles.